The number of methoxy groups -OCH3 is 1. The van der Waals surface area contributed by atoms with Crippen molar-refractivity contribution in [2.75, 3.05) is 20.3 Å². The molecule has 31 heavy (non-hydrogen) atoms. The first kappa shape index (κ1) is 22.7. The number of carbonyl (C=O) groups is 2. The third kappa shape index (κ3) is 6.74. The van der Waals surface area contributed by atoms with Crippen LogP contribution in [0.5, 0.6) is 11.5 Å². The molecule has 0 bridgehead atoms. The smallest absolute Gasteiger partial charge is 0.261 e. The summed E-state index contributed by atoms with van der Waals surface area (Å²) in [5.74, 6) is 0.999. The van der Waals surface area contributed by atoms with Gasteiger partial charge in [-0.15, -0.1) is 0 Å². The first-order valence-electron chi connectivity index (χ1n) is 11.0. The summed E-state index contributed by atoms with van der Waals surface area (Å²) in [5, 5.41) is 3.11. The van der Waals surface area contributed by atoms with E-state index in [9.17, 15) is 9.59 Å². The molecule has 0 heterocycles. The molecule has 6 nitrogen and oxygen atoms in total. The number of amides is 2. The summed E-state index contributed by atoms with van der Waals surface area (Å²) < 4.78 is 10.8. The lowest BCUT2D eigenvalue weighted by atomic mass is 10.1. The van der Waals surface area contributed by atoms with E-state index in [-0.39, 0.29) is 24.5 Å². The lowest BCUT2D eigenvalue weighted by molar-refractivity contribution is -0.141. The minimum Gasteiger partial charge on any atom is -0.497 e. The number of carbonyl (C=O) groups excluding carboxylic acids is 2. The highest BCUT2D eigenvalue weighted by Crippen LogP contribution is 2.19. The Morgan fingerprint density at radius 3 is 2.32 bits per heavy atom. The molecule has 1 fully saturated rings. The third-order valence-electron chi connectivity index (χ3n) is 5.77. The summed E-state index contributed by atoms with van der Waals surface area (Å²) in [6, 6.07) is 16.7. The van der Waals surface area contributed by atoms with E-state index >= 15 is 0 Å². The van der Waals surface area contributed by atoms with E-state index in [4.69, 9.17) is 9.47 Å². The van der Waals surface area contributed by atoms with Crippen LogP contribution in [0.3, 0.4) is 0 Å². The normalized spacial score (nSPS) is 14.6. The standard InChI is InChI=1S/C25H32N2O4/c1-19(25(29)26-21-10-6-7-11-21)27(17-16-20-8-4-3-5-9-20)24(28)18-31-23-14-12-22(30-2)13-15-23/h3-5,8-9,12-15,19,21H,6-7,10-11,16-18H2,1-2H3,(H,26,29)/t19-/m1/s1. The summed E-state index contributed by atoms with van der Waals surface area (Å²) >= 11 is 0. The molecule has 0 saturated heterocycles. The van der Waals surface area contributed by atoms with Crippen LogP contribution in [0.25, 0.3) is 0 Å². The van der Waals surface area contributed by atoms with Crippen molar-refractivity contribution in [3.63, 3.8) is 0 Å². The van der Waals surface area contributed by atoms with Crippen molar-refractivity contribution in [2.45, 2.75) is 51.1 Å². The van der Waals surface area contributed by atoms with Crippen molar-refractivity contribution in [3.05, 3.63) is 60.2 Å². The van der Waals surface area contributed by atoms with Gasteiger partial charge in [0.25, 0.3) is 5.91 Å². The fourth-order valence-corrected chi connectivity index (χ4v) is 3.86. The van der Waals surface area contributed by atoms with E-state index in [0.717, 1.165) is 37.0 Å². The van der Waals surface area contributed by atoms with Crippen LogP contribution >= 0.6 is 0 Å². The maximum Gasteiger partial charge on any atom is 0.261 e. The van der Waals surface area contributed by atoms with Gasteiger partial charge in [-0.3, -0.25) is 9.59 Å². The Balaban J connectivity index is 1.63. The van der Waals surface area contributed by atoms with Crippen molar-refractivity contribution < 1.29 is 19.1 Å². The van der Waals surface area contributed by atoms with E-state index in [2.05, 4.69) is 5.32 Å². The van der Waals surface area contributed by atoms with Gasteiger partial charge in [0, 0.05) is 12.6 Å². The summed E-state index contributed by atoms with van der Waals surface area (Å²) in [4.78, 5) is 27.5. The Labute approximate surface area is 184 Å². The molecule has 3 rings (SSSR count). The maximum atomic E-state index is 13.0. The second kappa shape index (κ2) is 11.4. The minimum atomic E-state index is -0.559. The molecule has 0 spiro atoms. The largest absolute Gasteiger partial charge is 0.497 e. The highest BCUT2D eigenvalue weighted by molar-refractivity contribution is 5.88. The molecule has 166 valence electrons. The van der Waals surface area contributed by atoms with Gasteiger partial charge in [-0.1, -0.05) is 43.2 Å². The highest BCUT2D eigenvalue weighted by atomic mass is 16.5. The van der Waals surface area contributed by atoms with Gasteiger partial charge in [-0.25, -0.2) is 0 Å². The zero-order valence-corrected chi connectivity index (χ0v) is 18.4. The molecule has 6 heteroatoms. The number of nitrogens with zero attached hydrogens (tertiary/aromatic N) is 1. The van der Waals surface area contributed by atoms with E-state index < -0.39 is 6.04 Å². The van der Waals surface area contributed by atoms with Crippen LogP contribution < -0.4 is 14.8 Å². The molecule has 1 atom stereocenters. The molecule has 1 N–H and O–H groups in total. The minimum absolute atomic E-state index is 0.0993. The molecule has 2 aromatic carbocycles. The number of hydrogen-bond acceptors (Lipinski definition) is 4. The first-order chi connectivity index (χ1) is 15.1. The number of rotatable bonds is 10. The monoisotopic (exact) mass is 424 g/mol. The van der Waals surface area contributed by atoms with Crippen LogP contribution in [-0.4, -0.2) is 49.1 Å². The molecule has 1 aliphatic carbocycles. The molecule has 0 aliphatic heterocycles. The van der Waals surface area contributed by atoms with Crippen molar-refractivity contribution in [1.82, 2.24) is 10.2 Å². The van der Waals surface area contributed by atoms with Gasteiger partial charge in [0.1, 0.15) is 17.5 Å². The molecule has 2 aromatic rings. The molecular formula is C25H32N2O4. The summed E-state index contributed by atoms with van der Waals surface area (Å²) in [5.41, 5.74) is 1.12. The Kier molecular flexibility index (Phi) is 8.33. The zero-order chi connectivity index (χ0) is 22.1. The van der Waals surface area contributed by atoms with Gasteiger partial charge in [0.15, 0.2) is 6.61 Å². The number of nitrogens with one attached hydrogen (secondary N) is 1. The summed E-state index contributed by atoms with van der Waals surface area (Å²) in [6.07, 6.45) is 4.99. The zero-order valence-electron chi connectivity index (χ0n) is 18.4. The summed E-state index contributed by atoms with van der Waals surface area (Å²) in [7, 11) is 1.60. The number of benzene rings is 2. The van der Waals surface area contributed by atoms with Gasteiger partial charge >= 0.3 is 0 Å². The second-order valence-electron chi connectivity index (χ2n) is 7.95. The van der Waals surface area contributed by atoms with Crippen LogP contribution in [-0.2, 0) is 16.0 Å². The van der Waals surface area contributed by atoms with Crippen LogP contribution in [0.1, 0.15) is 38.2 Å². The quantitative estimate of drug-likeness (QED) is 0.633. The predicted molar refractivity (Wildman–Crippen MR) is 120 cm³/mol. The lowest BCUT2D eigenvalue weighted by Crippen LogP contribution is -2.51. The van der Waals surface area contributed by atoms with Gasteiger partial charge in [-0.05, 0) is 56.0 Å². The van der Waals surface area contributed by atoms with Crippen molar-refractivity contribution >= 4 is 11.8 Å². The third-order valence-corrected chi connectivity index (χ3v) is 5.77. The van der Waals surface area contributed by atoms with E-state index in [0.29, 0.717) is 18.7 Å². The van der Waals surface area contributed by atoms with Crippen molar-refractivity contribution in [1.29, 1.82) is 0 Å². The van der Waals surface area contributed by atoms with Gasteiger partial charge in [-0.2, -0.15) is 0 Å². The van der Waals surface area contributed by atoms with E-state index in [1.165, 1.54) is 0 Å². The van der Waals surface area contributed by atoms with Crippen LogP contribution in [0, 0.1) is 0 Å². The second-order valence-corrected chi connectivity index (χ2v) is 7.95. The molecule has 0 aromatic heterocycles. The molecule has 0 unspecified atom stereocenters. The Hall–Kier alpha value is -3.02. The topological polar surface area (TPSA) is 67.9 Å². The molecule has 0 radical (unpaired) electrons. The first-order valence-corrected chi connectivity index (χ1v) is 11.0. The number of ether oxygens (including phenoxy) is 2. The fourth-order valence-electron chi connectivity index (χ4n) is 3.86. The highest BCUT2D eigenvalue weighted by Gasteiger charge is 2.28. The van der Waals surface area contributed by atoms with Crippen LogP contribution in [0.4, 0.5) is 0 Å². The Morgan fingerprint density at radius 2 is 1.68 bits per heavy atom. The fraction of sp³-hybridized carbons (Fsp3) is 0.440. The predicted octanol–water partition coefficient (Wildman–Crippen LogP) is 3.59. The average Bonchev–Trinajstić information content (AvgIpc) is 3.31. The SMILES string of the molecule is COc1ccc(OCC(=O)N(CCc2ccccc2)[C@H](C)C(=O)NC2CCCC2)cc1. The Bertz CT molecular complexity index is 832. The van der Waals surface area contributed by atoms with Crippen molar-refractivity contribution in [2.24, 2.45) is 0 Å². The maximum absolute atomic E-state index is 13.0. The van der Waals surface area contributed by atoms with E-state index in [1.54, 1.807) is 43.2 Å². The lowest BCUT2D eigenvalue weighted by Gasteiger charge is -2.29. The van der Waals surface area contributed by atoms with Crippen LogP contribution in [0.15, 0.2) is 54.6 Å². The molecular weight excluding hydrogens is 392 g/mol. The van der Waals surface area contributed by atoms with Crippen molar-refractivity contribution in [3.8, 4) is 11.5 Å². The molecule has 1 aliphatic rings. The Morgan fingerprint density at radius 1 is 1.03 bits per heavy atom. The summed E-state index contributed by atoms with van der Waals surface area (Å²) in [6.45, 7) is 2.12. The van der Waals surface area contributed by atoms with Gasteiger partial charge in [0.2, 0.25) is 5.91 Å². The van der Waals surface area contributed by atoms with Crippen LogP contribution in [0.2, 0.25) is 0 Å². The molecule has 2 amide bonds. The van der Waals surface area contributed by atoms with Gasteiger partial charge in [0.05, 0.1) is 7.11 Å². The van der Waals surface area contributed by atoms with E-state index in [1.807, 2.05) is 30.3 Å². The average molecular weight is 425 g/mol. The number of hydrogen-bond donors (Lipinski definition) is 1. The molecule has 1 saturated carbocycles. The van der Waals surface area contributed by atoms with Gasteiger partial charge < -0.3 is 19.7 Å².